The molecular weight excluding hydrogens is 284 g/mol. The van der Waals surface area contributed by atoms with Crippen molar-refractivity contribution in [1.82, 2.24) is 0 Å². The van der Waals surface area contributed by atoms with Crippen molar-refractivity contribution in [2.24, 2.45) is 0 Å². The average Bonchev–Trinajstić information content (AvgIpc) is 2.56. The lowest BCUT2D eigenvalue weighted by Crippen LogP contribution is -2.08. The van der Waals surface area contributed by atoms with Gasteiger partial charge in [0.05, 0.1) is 6.61 Å². The van der Waals surface area contributed by atoms with Crippen molar-refractivity contribution < 1.29 is 9.53 Å². The minimum absolute atomic E-state index is 0.179. The van der Waals surface area contributed by atoms with E-state index in [1.807, 2.05) is 0 Å². The molecule has 0 aliphatic heterocycles. The van der Waals surface area contributed by atoms with Gasteiger partial charge in [-0.15, -0.1) is 0 Å². The predicted octanol–water partition coefficient (Wildman–Crippen LogP) is 6.98. The first kappa shape index (κ1) is 22.2. The molecule has 23 heavy (non-hydrogen) atoms. The molecule has 0 spiro atoms. The third-order valence-electron chi connectivity index (χ3n) is 4.35. The molecule has 0 saturated heterocycles. The van der Waals surface area contributed by atoms with E-state index in [0.717, 1.165) is 25.7 Å². The van der Waals surface area contributed by atoms with E-state index in [4.69, 9.17) is 4.74 Å². The number of esters is 1. The Labute approximate surface area is 145 Å². The van der Waals surface area contributed by atoms with Gasteiger partial charge in [-0.25, -0.2) is 4.79 Å². The van der Waals surface area contributed by atoms with Crippen LogP contribution in [0.3, 0.4) is 0 Å². The summed E-state index contributed by atoms with van der Waals surface area (Å²) in [5.74, 6) is -0.179. The highest BCUT2D eigenvalue weighted by molar-refractivity contribution is 5.87. The Bertz CT molecular complexity index is 284. The van der Waals surface area contributed by atoms with Crippen molar-refractivity contribution >= 4 is 5.97 Å². The van der Waals surface area contributed by atoms with Gasteiger partial charge in [0, 0.05) is 5.57 Å². The Morgan fingerprint density at radius 1 is 0.696 bits per heavy atom. The van der Waals surface area contributed by atoms with Crippen molar-refractivity contribution in [3.8, 4) is 0 Å². The maximum atomic E-state index is 11.8. The minimum Gasteiger partial charge on any atom is -0.462 e. The maximum Gasteiger partial charge on any atom is 0.333 e. The lowest BCUT2D eigenvalue weighted by atomic mass is 10.1. The normalized spacial score (nSPS) is 10.7. The zero-order valence-corrected chi connectivity index (χ0v) is 15.8. The summed E-state index contributed by atoms with van der Waals surface area (Å²) < 4.78 is 5.29. The van der Waals surface area contributed by atoms with E-state index >= 15 is 0 Å². The molecule has 2 nitrogen and oxygen atoms in total. The third kappa shape index (κ3) is 15.9. The molecule has 0 unspecified atom stereocenters. The number of ether oxygens (including phenoxy) is 1. The van der Waals surface area contributed by atoms with E-state index in [1.54, 1.807) is 0 Å². The van der Waals surface area contributed by atoms with Crippen LogP contribution in [0.4, 0.5) is 0 Å². The Kier molecular flexibility index (Phi) is 17.0. The van der Waals surface area contributed by atoms with Gasteiger partial charge in [0.2, 0.25) is 0 Å². The van der Waals surface area contributed by atoms with Gasteiger partial charge in [0.25, 0.3) is 0 Å². The lowest BCUT2D eigenvalue weighted by molar-refractivity contribution is -0.139. The molecule has 0 aromatic carbocycles. The Morgan fingerprint density at radius 2 is 1.13 bits per heavy atom. The van der Waals surface area contributed by atoms with E-state index in [9.17, 15) is 4.79 Å². The topological polar surface area (TPSA) is 26.3 Å². The molecule has 0 bridgehead atoms. The van der Waals surface area contributed by atoms with Gasteiger partial charge in [0.1, 0.15) is 0 Å². The SMILES string of the molecule is C=C(CCCCCCCCCC)C(=O)OCCCCCCCC. The van der Waals surface area contributed by atoms with Crippen LogP contribution in [0.2, 0.25) is 0 Å². The van der Waals surface area contributed by atoms with Crippen LogP contribution in [0.15, 0.2) is 12.2 Å². The Hall–Kier alpha value is -0.790. The van der Waals surface area contributed by atoms with Crippen LogP contribution in [-0.4, -0.2) is 12.6 Å². The van der Waals surface area contributed by atoms with Crippen molar-refractivity contribution in [1.29, 1.82) is 0 Å². The van der Waals surface area contributed by atoms with Crippen molar-refractivity contribution in [2.75, 3.05) is 6.61 Å². The number of hydrogen-bond acceptors (Lipinski definition) is 2. The Morgan fingerprint density at radius 3 is 1.65 bits per heavy atom. The van der Waals surface area contributed by atoms with E-state index in [2.05, 4.69) is 20.4 Å². The quantitative estimate of drug-likeness (QED) is 0.164. The zero-order valence-electron chi connectivity index (χ0n) is 15.8. The van der Waals surface area contributed by atoms with Crippen LogP contribution in [0.25, 0.3) is 0 Å². The van der Waals surface area contributed by atoms with E-state index in [1.165, 1.54) is 70.6 Å². The second-order valence-corrected chi connectivity index (χ2v) is 6.73. The van der Waals surface area contributed by atoms with Gasteiger partial charge in [-0.1, -0.05) is 97.5 Å². The molecule has 0 aromatic heterocycles. The second kappa shape index (κ2) is 17.6. The van der Waals surface area contributed by atoms with Gasteiger partial charge >= 0.3 is 5.97 Å². The number of rotatable bonds is 17. The fourth-order valence-corrected chi connectivity index (χ4v) is 2.72. The molecule has 0 aliphatic carbocycles. The summed E-state index contributed by atoms with van der Waals surface area (Å²) >= 11 is 0. The summed E-state index contributed by atoms with van der Waals surface area (Å²) in [6, 6.07) is 0. The monoisotopic (exact) mass is 324 g/mol. The first-order chi connectivity index (χ1) is 11.2. The largest absolute Gasteiger partial charge is 0.462 e. The molecule has 0 saturated carbocycles. The lowest BCUT2D eigenvalue weighted by Gasteiger charge is -2.07. The molecule has 0 aromatic rings. The van der Waals surface area contributed by atoms with Gasteiger partial charge in [0.15, 0.2) is 0 Å². The van der Waals surface area contributed by atoms with Crippen molar-refractivity contribution in [3.05, 3.63) is 12.2 Å². The number of carbonyl (C=O) groups excluding carboxylic acids is 1. The number of unbranched alkanes of at least 4 members (excludes halogenated alkanes) is 12. The summed E-state index contributed by atoms with van der Waals surface area (Å²) in [5.41, 5.74) is 0.655. The molecule has 136 valence electrons. The van der Waals surface area contributed by atoms with Crippen LogP contribution in [0.5, 0.6) is 0 Å². The highest BCUT2D eigenvalue weighted by Gasteiger charge is 2.07. The summed E-state index contributed by atoms with van der Waals surface area (Å²) in [5, 5.41) is 0. The molecule has 0 amide bonds. The first-order valence-electron chi connectivity index (χ1n) is 10.1. The van der Waals surface area contributed by atoms with Gasteiger partial charge in [-0.2, -0.15) is 0 Å². The van der Waals surface area contributed by atoms with Crippen LogP contribution in [0, 0.1) is 0 Å². The number of carbonyl (C=O) groups is 1. The molecule has 0 radical (unpaired) electrons. The minimum atomic E-state index is -0.179. The van der Waals surface area contributed by atoms with E-state index in [-0.39, 0.29) is 5.97 Å². The third-order valence-corrected chi connectivity index (χ3v) is 4.35. The number of hydrogen-bond donors (Lipinski definition) is 0. The van der Waals surface area contributed by atoms with Gasteiger partial charge < -0.3 is 4.74 Å². The maximum absolute atomic E-state index is 11.8. The molecule has 0 heterocycles. The van der Waals surface area contributed by atoms with E-state index in [0.29, 0.717) is 12.2 Å². The molecule has 0 atom stereocenters. The molecule has 0 aliphatic rings. The van der Waals surface area contributed by atoms with Crippen LogP contribution < -0.4 is 0 Å². The fraction of sp³-hybridized carbons (Fsp3) is 0.857. The smallest absolute Gasteiger partial charge is 0.333 e. The summed E-state index contributed by atoms with van der Waals surface area (Å²) in [7, 11) is 0. The van der Waals surface area contributed by atoms with Gasteiger partial charge in [-0.05, 0) is 19.3 Å². The van der Waals surface area contributed by atoms with Crippen LogP contribution in [-0.2, 0) is 9.53 Å². The van der Waals surface area contributed by atoms with Crippen molar-refractivity contribution in [2.45, 2.75) is 110 Å². The summed E-state index contributed by atoms with van der Waals surface area (Å²) in [6.07, 6.45) is 18.4. The fourth-order valence-electron chi connectivity index (χ4n) is 2.72. The molecule has 0 fully saturated rings. The first-order valence-corrected chi connectivity index (χ1v) is 10.1. The van der Waals surface area contributed by atoms with E-state index < -0.39 is 0 Å². The highest BCUT2D eigenvalue weighted by atomic mass is 16.5. The van der Waals surface area contributed by atoms with Gasteiger partial charge in [-0.3, -0.25) is 0 Å². The Balaban J connectivity index is 3.37. The van der Waals surface area contributed by atoms with Crippen LogP contribution in [0.1, 0.15) is 110 Å². The summed E-state index contributed by atoms with van der Waals surface area (Å²) in [6.45, 7) is 8.90. The molecule has 0 N–H and O–H groups in total. The predicted molar refractivity (Wildman–Crippen MR) is 101 cm³/mol. The average molecular weight is 325 g/mol. The standard InChI is InChI=1S/C21H40O2/c1-4-6-8-10-12-13-14-16-18-20(3)21(22)23-19-17-15-11-9-7-5-2/h3-19H2,1-2H3. The molecule has 0 rings (SSSR count). The van der Waals surface area contributed by atoms with Crippen molar-refractivity contribution in [3.63, 3.8) is 0 Å². The zero-order chi connectivity index (χ0) is 17.2. The second-order valence-electron chi connectivity index (χ2n) is 6.73. The molecular formula is C21H40O2. The van der Waals surface area contributed by atoms with Crippen LogP contribution >= 0.6 is 0 Å². The molecule has 2 heteroatoms. The highest BCUT2D eigenvalue weighted by Crippen LogP contribution is 2.13. The summed E-state index contributed by atoms with van der Waals surface area (Å²) in [4.78, 5) is 11.8.